The number of pyridine rings is 1. The molecule has 2 N–H and O–H groups in total. The summed E-state index contributed by atoms with van der Waals surface area (Å²) in [6.45, 7) is 9.89. The molecule has 26 heavy (non-hydrogen) atoms. The number of carbonyl (C=O) groups is 1. The molecular weight excluding hydrogens is 344 g/mol. The van der Waals surface area contributed by atoms with Crippen molar-refractivity contribution in [2.75, 3.05) is 0 Å². The van der Waals surface area contributed by atoms with Gasteiger partial charge in [0.15, 0.2) is 0 Å². The third kappa shape index (κ3) is 3.78. The molecule has 3 aromatic rings. The number of carboxylic acid groups (broad SMARTS) is 1. The number of hydrogen-bond acceptors (Lipinski definition) is 3. The maximum absolute atomic E-state index is 11.4. The minimum absolute atomic E-state index is 0.00570. The standard InChI is InChI=1S/C21H24N2O2S/c1-20(2,3)18-12-13(8-9-22-18)17-11-14-10-15(6-7-16(14)23-17)26-21(4,5)19(24)25/h6-12,23H,1-5H3,(H,24,25). The van der Waals surface area contributed by atoms with Gasteiger partial charge in [0.05, 0.1) is 0 Å². The van der Waals surface area contributed by atoms with Crippen LogP contribution in [0.1, 0.15) is 40.3 Å². The molecule has 0 spiro atoms. The van der Waals surface area contributed by atoms with Gasteiger partial charge in [-0.15, -0.1) is 11.8 Å². The lowest BCUT2D eigenvalue weighted by Gasteiger charge is -2.18. The van der Waals surface area contributed by atoms with Crippen molar-refractivity contribution in [1.82, 2.24) is 9.97 Å². The number of aliphatic carboxylic acids is 1. The summed E-state index contributed by atoms with van der Waals surface area (Å²) >= 11 is 1.36. The summed E-state index contributed by atoms with van der Waals surface area (Å²) in [6, 6.07) is 12.2. The van der Waals surface area contributed by atoms with Gasteiger partial charge in [-0.05, 0) is 50.2 Å². The Bertz CT molecular complexity index is 968. The summed E-state index contributed by atoms with van der Waals surface area (Å²) in [5.41, 5.74) is 4.21. The van der Waals surface area contributed by atoms with Crippen LogP contribution < -0.4 is 0 Å². The molecule has 0 saturated heterocycles. The second-order valence-electron chi connectivity index (χ2n) is 8.03. The Morgan fingerprint density at radius 1 is 1.08 bits per heavy atom. The van der Waals surface area contributed by atoms with Crippen molar-refractivity contribution in [3.05, 3.63) is 48.3 Å². The molecule has 2 aromatic heterocycles. The first-order valence-electron chi connectivity index (χ1n) is 8.58. The number of aromatic nitrogens is 2. The van der Waals surface area contributed by atoms with Gasteiger partial charge >= 0.3 is 5.97 Å². The number of fused-ring (bicyclic) bond motifs is 1. The molecule has 5 heteroatoms. The van der Waals surface area contributed by atoms with Crippen LogP contribution in [0.15, 0.2) is 47.5 Å². The lowest BCUT2D eigenvalue weighted by Crippen LogP contribution is -2.26. The number of carboxylic acids is 1. The van der Waals surface area contributed by atoms with Crippen LogP contribution >= 0.6 is 11.8 Å². The van der Waals surface area contributed by atoms with Crippen LogP contribution in [0.3, 0.4) is 0 Å². The van der Waals surface area contributed by atoms with Crippen molar-refractivity contribution in [2.45, 2.75) is 49.7 Å². The van der Waals surface area contributed by atoms with Gasteiger partial charge in [-0.25, -0.2) is 0 Å². The minimum atomic E-state index is -0.862. The highest BCUT2D eigenvalue weighted by Crippen LogP contribution is 2.35. The average molecular weight is 369 g/mol. The van der Waals surface area contributed by atoms with E-state index in [9.17, 15) is 9.90 Å². The third-order valence-corrected chi connectivity index (χ3v) is 5.49. The van der Waals surface area contributed by atoms with Gasteiger partial charge in [-0.1, -0.05) is 20.8 Å². The van der Waals surface area contributed by atoms with Crippen LogP contribution in [0.5, 0.6) is 0 Å². The zero-order chi connectivity index (χ0) is 19.1. The van der Waals surface area contributed by atoms with E-state index in [1.54, 1.807) is 13.8 Å². The highest BCUT2D eigenvalue weighted by molar-refractivity contribution is 8.01. The van der Waals surface area contributed by atoms with E-state index < -0.39 is 10.7 Å². The van der Waals surface area contributed by atoms with Crippen LogP contribution in [0.4, 0.5) is 0 Å². The van der Waals surface area contributed by atoms with Gasteiger partial charge in [-0.2, -0.15) is 0 Å². The number of nitrogens with zero attached hydrogens (tertiary/aromatic N) is 1. The molecule has 0 atom stereocenters. The molecule has 0 bridgehead atoms. The predicted octanol–water partition coefficient (Wildman–Crippen LogP) is 5.48. The monoisotopic (exact) mass is 368 g/mol. The van der Waals surface area contributed by atoms with E-state index in [0.29, 0.717) is 0 Å². The number of thioether (sulfide) groups is 1. The number of hydrogen-bond donors (Lipinski definition) is 2. The van der Waals surface area contributed by atoms with Crippen LogP contribution in [-0.2, 0) is 10.2 Å². The number of benzene rings is 1. The predicted molar refractivity (Wildman–Crippen MR) is 108 cm³/mol. The molecule has 0 aliphatic rings. The van der Waals surface area contributed by atoms with E-state index in [2.05, 4.69) is 42.9 Å². The lowest BCUT2D eigenvalue weighted by molar-refractivity contribution is -0.138. The molecule has 0 saturated carbocycles. The molecule has 0 amide bonds. The molecule has 0 radical (unpaired) electrons. The van der Waals surface area contributed by atoms with Gasteiger partial charge in [0, 0.05) is 44.4 Å². The van der Waals surface area contributed by atoms with Gasteiger partial charge < -0.3 is 10.1 Å². The Morgan fingerprint density at radius 3 is 2.46 bits per heavy atom. The van der Waals surface area contributed by atoms with E-state index in [0.717, 1.165) is 32.7 Å². The Kier molecular flexibility index (Phi) is 4.61. The quantitative estimate of drug-likeness (QED) is 0.598. The first-order chi connectivity index (χ1) is 12.1. The highest BCUT2D eigenvalue weighted by Gasteiger charge is 2.28. The van der Waals surface area contributed by atoms with Crippen molar-refractivity contribution in [3.63, 3.8) is 0 Å². The highest BCUT2D eigenvalue weighted by atomic mass is 32.2. The topological polar surface area (TPSA) is 66.0 Å². The van der Waals surface area contributed by atoms with E-state index >= 15 is 0 Å². The zero-order valence-electron chi connectivity index (χ0n) is 15.8. The van der Waals surface area contributed by atoms with Gasteiger partial charge in [0.25, 0.3) is 0 Å². The Balaban J connectivity index is 1.97. The molecule has 0 unspecified atom stereocenters. The van der Waals surface area contributed by atoms with Crippen LogP contribution in [0.25, 0.3) is 22.2 Å². The van der Waals surface area contributed by atoms with Crippen molar-refractivity contribution in [2.24, 2.45) is 0 Å². The van der Waals surface area contributed by atoms with Crippen molar-refractivity contribution >= 4 is 28.6 Å². The minimum Gasteiger partial charge on any atom is -0.480 e. The lowest BCUT2D eigenvalue weighted by atomic mass is 9.90. The number of rotatable bonds is 4. The Morgan fingerprint density at radius 2 is 1.81 bits per heavy atom. The largest absolute Gasteiger partial charge is 0.480 e. The van der Waals surface area contributed by atoms with Crippen molar-refractivity contribution in [3.8, 4) is 11.3 Å². The molecule has 1 aromatic carbocycles. The third-order valence-electron chi connectivity index (χ3n) is 4.32. The molecule has 0 aliphatic heterocycles. The first kappa shape index (κ1) is 18.5. The maximum atomic E-state index is 11.4. The van der Waals surface area contributed by atoms with E-state index in [1.165, 1.54) is 11.8 Å². The Labute approximate surface area is 158 Å². The summed E-state index contributed by atoms with van der Waals surface area (Å²) in [7, 11) is 0. The smallest absolute Gasteiger partial charge is 0.319 e. The second-order valence-corrected chi connectivity index (χ2v) is 9.73. The van der Waals surface area contributed by atoms with E-state index in [4.69, 9.17) is 0 Å². The summed E-state index contributed by atoms with van der Waals surface area (Å²) in [4.78, 5) is 20.2. The van der Waals surface area contributed by atoms with Gasteiger partial charge in [0.1, 0.15) is 4.75 Å². The van der Waals surface area contributed by atoms with Gasteiger partial charge in [0.2, 0.25) is 0 Å². The fourth-order valence-corrected chi connectivity index (χ4v) is 3.67. The molecule has 4 nitrogen and oxygen atoms in total. The zero-order valence-corrected chi connectivity index (χ0v) is 16.6. The van der Waals surface area contributed by atoms with E-state index in [-0.39, 0.29) is 5.41 Å². The van der Waals surface area contributed by atoms with E-state index in [1.807, 2.05) is 30.5 Å². The normalized spacial score (nSPS) is 12.5. The maximum Gasteiger partial charge on any atom is 0.319 e. The number of aromatic amines is 1. The summed E-state index contributed by atoms with van der Waals surface area (Å²) < 4.78 is -0.862. The molecule has 0 fully saturated rings. The molecule has 0 aliphatic carbocycles. The van der Waals surface area contributed by atoms with Crippen LogP contribution in [0, 0.1) is 0 Å². The summed E-state index contributed by atoms with van der Waals surface area (Å²) in [6.07, 6.45) is 1.85. The molecular formula is C21H24N2O2S. The second kappa shape index (κ2) is 6.47. The summed E-state index contributed by atoms with van der Waals surface area (Å²) in [5.74, 6) is -0.816. The fourth-order valence-electron chi connectivity index (χ4n) is 2.68. The number of H-pyrrole nitrogens is 1. The molecule has 136 valence electrons. The Hall–Kier alpha value is -2.27. The molecule has 3 rings (SSSR count). The summed E-state index contributed by atoms with van der Waals surface area (Å²) in [5, 5.41) is 10.4. The SMILES string of the molecule is CC(C)(Sc1ccc2[nH]c(-c3ccnc(C(C)(C)C)c3)cc2c1)C(=O)O. The van der Waals surface area contributed by atoms with Crippen LogP contribution in [-0.4, -0.2) is 25.8 Å². The van der Waals surface area contributed by atoms with Gasteiger partial charge in [-0.3, -0.25) is 9.78 Å². The average Bonchev–Trinajstić information content (AvgIpc) is 2.97. The molecule has 2 heterocycles. The first-order valence-corrected chi connectivity index (χ1v) is 9.40. The number of nitrogens with one attached hydrogen (secondary N) is 1. The van der Waals surface area contributed by atoms with Crippen molar-refractivity contribution < 1.29 is 9.90 Å². The van der Waals surface area contributed by atoms with Crippen LogP contribution in [0.2, 0.25) is 0 Å². The van der Waals surface area contributed by atoms with Crippen molar-refractivity contribution in [1.29, 1.82) is 0 Å². The fraction of sp³-hybridized carbons (Fsp3) is 0.333.